The molecule has 0 aliphatic carbocycles. The molecule has 0 radical (unpaired) electrons. The van der Waals surface area contributed by atoms with E-state index < -0.39 is 0 Å². The molecule has 1 aromatic heterocycles. The molecule has 1 saturated heterocycles. The van der Waals surface area contributed by atoms with Crippen LogP contribution in [0.4, 0.5) is 5.69 Å². The van der Waals surface area contributed by atoms with E-state index in [0.29, 0.717) is 22.9 Å². The number of rotatable bonds is 2. The van der Waals surface area contributed by atoms with Gasteiger partial charge < -0.3 is 10.6 Å². The van der Waals surface area contributed by atoms with Crippen molar-refractivity contribution in [3.8, 4) is 0 Å². The fourth-order valence-corrected chi connectivity index (χ4v) is 3.03. The number of pyridine rings is 1. The zero-order chi connectivity index (χ0) is 13.3. The summed E-state index contributed by atoms with van der Waals surface area (Å²) in [4.78, 5) is 7.08. The van der Waals surface area contributed by atoms with Crippen molar-refractivity contribution in [3.63, 3.8) is 0 Å². The molecular formula is C14H21N3S. The fourth-order valence-electron chi connectivity index (χ4n) is 2.86. The molecular weight excluding hydrogens is 242 g/mol. The summed E-state index contributed by atoms with van der Waals surface area (Å²) in [6.45, 7) is 7.93. The Morgan fingerprint density at radius 3 is 2.83 bits per heavy atom. The van der Waals surface area contributed by atoms with E-state index in [1.54, 1.807) is 6.20 Å². The number of piperidine rings is 1. The van der Waals surface area contributed by atoms with Crippen LogP contribution < -0.4 is 10.6 Å². The van der Waals surface area contributed by atoms with Crippen LogP contribution in [0.5, 0.6) is 0 Å². The van der Waals surface area contributed by atoms with E-state index in [4.69, 9.17) is 18.0 Å². The van der Waals surface area contributed by atoms with E-state index in [0.717, 1.165) is 17.8 Å². The molecule has 4 heteroatoms. The average molecular weight is 263 g/mol. The maximum atomic E-state index is 5.81. The van der Waals surface area contributed by atoms with Gasteiger partial charge in [-0.25, -0.2) is 0 Å². The monoisotopic (exact) mass is 263 g/mol. The minimum atomic E-state index is 0.450. The largest absolute Gasteiger partial charge is 0.389 e. The van der Waals surface area contributed by atoms with Crippen LogP contribution in [0, 0.1) is 11.8 Å². The minimum absolute atomic E-state index is 0.450. The molecule has 0 amide bonds. The molecule has 0 saturated carbocycles. The van der Waals surface area contributed by atoms with Crippen LogP contribution in [0.1, 0.15) is 32.8 Å². The Labute approximate surface area is 114 Å². The Hall–Kier alpha value is -1.16. The molecule has 0 aromatic carbocycles. The van der Waals surface area contributed by atoms with E-state index in [1.807, 2.05) is 12.3 Å². The van der Waals surface area contributed by atoms with Crippen molar-refractivity contribution in [1.82, 2.24) is 4.98 Å². The first-order chi connectivity index (χ1) is 8.50. The highest BCUT2D eigenvalue weighted by Gasteiger charge is 2.30. The smallest absolute Gasteiger partial charge is 0.106 e. The topological polar surface area (TPSA) is 42.2 Å². The Morgan fingerprint density at radius 2 is 2.17 bits per heavy atom. The number of thiocarbonyl (C=S) groups is 1. The average Bonchev–Trinajstić information content (AvgIpc) is 2.33. The van der Waals surface area contributed by atoms with Crippen LogP contribution in [0.3, 0.4) is 0 Å². The molecule has 1 fully saturated rings. The second-order valence-electron chi connectivity index (χ2n) is 5.47. The van der Waals surface area contributed by atoms with Crippen LogP contribution >= 0.6 is 12.2 Å². The van der Waals surface area contributed by atoms with Crippen LogP contribution in [0.15, 0.2) is 18.5 Å². The first-order valence-corrected chi connectivity index (χ1v) is 6.92. The minimum Gasteiger partial charge on any atom is -0.389 e. The molecule has 2 heterocycles. The summed E-state index contributed by atoms with van der Waals surface area (Å²) in [7, 11) is 0. The highest BCUT2D eigenvalue weighted by atomic mass is 32.1. The van der Waals surface area contributed by atoms with E-state index >= 15 is 0 Å². The Kier molecular flexibility index (Phi) is 3.85. The Morgan fingerprint density at radius 1 is 1.44 bits per heavy atom. The summed E-state index contributed by atoms with van der Waals surface area (Å²) in [5.41, 5.74) is 7.83. The number of nitrogens with two attached hydrogens (primary N) is 1. The third kappa shape index (κ3) is 2.48. The van der Waals surface area contributed by atoms with Gasteiger partial charge in [-0.15, -0.1) is 0 Å². The lowest BCUT2D eigenvalue weighted by molar-refractivity contribution is 0.297. The molecule has 3 unspecified atom stereocenters. The summed E-state index contributed by atoms with van der Waals surface area (Å²) in [5, 5.41) is 0. The molecule has 1 aliphatic rings. The normalized spacial score (nSPS) is 28.2. The van der Waals surface area contributed by atoms with E-state index in [2.05, 4.69) is 30.7 Å². The molecule has 1 aliphatic heterocycles. The zero-order valence-corrected chi connectivity index (χ0v) is 12.1. The van der Waals surface area contributed by atoms with Crippen molar-refractivity contribution in [2.75, 3.05) is 11.4 Å². The second kappa shape index (κ2) is 5.22. The van der Waals surface area contributed by atoms with E-state index in [1.165, 1.54) is 6.42 Å². The third-order valence-corrected chi connectivity index (χ3v) is 4.19. The van der Waals surface area contributed by atoms with Gasteiger partial charge in [0.1, 0.15) is 4.99 Å². The van der Waals surface area contributed by atoms with Crippen molar-refractivity contribution < 1.29 is 0 Å². The predicted molar refractivity (Wildman–Crippen MR) is 79.9 cm³/mol. The molecule has 0 spiro atoms. The van der Waals surface area contributed by atoms with Crippen molar-refractivity contribution >= 4 is 22.9 Å². The number of hydrogen-bond donors (Lipinski definition) is 1. The molecule has 2 rings (SSSR count). The summed E-state index contributed by atoms with van der Waals surface area (Å²) in [5.74, 6) is 1.36. The van der Waals surface area contributed by atoms with Crippen LogP contribution in [-0.4, -0.2) is 22.6 Å². The van der Waals surface area contributed by atoms with Crippen LogP contribution in [0.25, 0.3) is 0 Å². The zero-order valence-electron chi connectivity index (χ0n) is 11.3. The lowest BCUT2D eigenvalue weighted by Gasteiger charge is -2.43. The quantitative estimate of drug-likeness (QED) is 0.833. The summed E-state index contributed by atoms with van der Waals surface area (Å²) in [6.07, 6.45) is 4.91. The lowest BCUT2D eigenvalue weighted by atomic mass is 9.85. The lowest BCUT2D eigenvalue weighted by Crippen LogP contribution is -2.46. The summed E-state index contributed by atoms with van der Waals surface area (Å²) >= 11 is 5.14. The Balaban J connectivity index is 2.38. The number of hydrogen-bond acceptors (Lipinski definition) is 3. The predicted octanol–water partition coefficient (Wildman–Crippen LogP) is 2.59. The van der Waals surface area contributed by atoms with Gasteiger partial charge in [0.2, 0.25) is 0 Å². The molecule has 18 heavy (non-hydrogen) atoms. The number of anilines is 1. The fraction of sp³-hybridized carbons (Fsp3) is 0.571. The van der Waals surface area contributed by atoms with Gasteiger partial charge in [-0.2, -0.15) is 0 Å². The van der Waals surface area contributed by atoms with Gasteiger partial charge in [-0.1, -0.05) is 26.1 Å². The van der Waals surface area contributed by atoms with E-state index in [9.17, 15) is 0 Å². The number of aromatic nitrogens is 1. The van der Waals surface area contributed by atoms with Gasteiger partial charge in [0.15, 0.2) is 0 Å². The highest BCUT2D eigenvalue weighted by molar-refractivity contribution is 7.80. The van der Waals surface area contributed by atoms with Crippen LogP contribution in [0.2, 0.25) is 0 Å². The molecule has 3 nitrogen and oxygen atoms in total. The van der Waals surface area contributed by atoms with Gasteiger partial charge in [0, 0.05) is 24.3 Å². The van der Waals surface area contributed by atoms with Gasteiger partial charge in [-0.05, 0) is 31.2 Å². The maximum Gasteiger partial charge on any atom is 0.106 e. The van der Waals surface area contributed by atoms with Crippen molar-refractivity contribution in [1.29, 1.82) is 0 Å². The second-order valence-corrected chi connectivity index (χ2v) is 5.91. The molecule has 2 N–H and O–H groups in total. The first kappa shape index (κ1) is 13.3. The first-order valence-electron chi connectivity index (χ1n) is 6.51. The van der Waals surface area contributed by atoms with Gasteiger partial charge in [0.25, 0.3) is 0 Å². The van der Waals surface area contributed by atoms with Crippen molar-refractivity contribution in [2.24, 2.45) is 17.6 Å². The standard InChI is InChI=1S/C14H21N3S/c1-9-6-10(2)11(3)17(8-9)13-7-16-5-4-12(13)14(15)18/h4-5,7,9-11H,6,8H2,1-3H3,(H2,15,18). The molecule has 98 valence electrons. The van der Waals surface area contributed by atoms with E-state index in [-0.39, 0.29) is 0 Å². The SMILES string of the molecule is CC1CC(C)C(C)N(c2cnccc2C(N)=S)C1. The van der Waals surface area contributed by atoms with Gasteiger partial charge in [0.05, 0.1) is 11.9 Å². The molecule has 3 atom stereocenters. The van der Waals surface area contributed by atoms with Crippen molar-refractivity contribution in [2.45, 2.75) is 33.2 Å². The summed E-state index contributed by atoms with van der Waals surface area (Å²) in [6, 6.07) is 2.41. The number of nitrogens with zero attached hydrogens (tertiary/aromatic N) is 2. The third-order valence-electron chi connectivity index (χ3n) is 3.97. The van der Waals surface area contributed by atoms with Gasteiger partial charge in [-0.3, -0.25) is 4.98 Å². The Bertz CT molecular complexity index is 446. The molecule has 0 bridgehead atoms. The summed E-state index contributed by atoms with van der Waals surface area (Å²) < 4.78 is 0. The maximum absolute atomic E-state index is 5.81. The molecule has 1 aromatic rings. The van der Waals surface area contributed by atoms with Crippen LogP contribution in [-0.2, 0) is 0 Å². The van der Waals surface area contributed by atoms with Crippen molar-refractivity contribution in [3.05, 3.63) is 24.0 Å². The van der Waals surface area contributed by atoms with Gasteiger partial charge >= 0.3 is 0 Å². The highest BCUT2D eigenvalue weighted by Crippen LogP contribution is 2.32.